The van der Waals surface area contributed by atoms with Crippen LogP contribution in [0, 0.1) is 11.8 Å². The van der Waals surface area contributed by atoms with E-state index in [2.05, 4.69) is 11.8 Å². The molecule has 5 nitrogen and oxygen atoms in total. The molecule has 2 aromatic rings. The van der Waals surface area contributed by atoms with Crippen LogP contribution in [-0.2, 0) is 20.9 Å². The number of anilines is 1. The lowest BCUT2D eigenvalue weighted by atomic mass is 10.0. The third-order valence-electron chi connectivity index (χ3n) is 5.14. The van der Waals surface area contributed by atoms with Crippen LogP contribution < -0.4 is 4.90 Å². The number of fused-ring (bicyclic) bond motifs is 2. The van der Waals surface area contributed by atoms with E-state index in [4.69, 9.17) is 5.11 Å². The minimum Gasteiger partial charge on any atom is -0.481 e. The van der Waals surface area contributed by atoms with Crippen LogP contribution in [0.5, 0.6) is 0 Å². The summed E-state index contributed by atoms with van der Waals surface area (Å²) in [4.78, 5) is 37.5. The molecule has 1 aliphatic rings. The molecule has 0 aromatic heterocycles. The first-order valence-electron chi connectivity index (χ1n) is 10.3. The van der Waals surface area contributed by atoms with Gasteiger partial charge < -0.3 is 10.0 Å². The van der Waals surface area contributed by atoms with Gasteiger partial charge in [0, 0.05) is 36.8 Å². The Morgan fingerprint density at radius 1 is 0.800 bits per heavy atom. The lowest BCUT2D eigenvalue weighted by Crippen LogP contribution is -2.32. The van der Waals surface area contributed by atoms with E-state index in [1.54, 1.807) is 4.90 Å². The summed E-state index contributed by atoms with van der Waals surface area (Å²) in [6.07, 6.45) is 2.81. The maximum Gasteiger partial charge on any atom is 0.303 e. The molecule has 0 bridgehead atoms. The van der Waals surface area contributed by atoms with Gasteiger partial charge in [0.2, 0.25) is 5.91 Å². The normalized spacial score (nSPS) is 11.9. The van der Waals surface area contributed by atoms with Crippen molar-refractivity contribution in [1.82, 2.24) is 0 Å². The van der Waals surface area contributed by atoms with E-state index in [1.165, 1.54) is 0 Å². The molecular formula is C25H25NO4. The van der Waals surface area contributed by atoms with Gasteiger partial charge in [-0.15, -0.1) is 0 Å². The first kappa shape index (κ1) is 21.3. The average molecular weight is 403 g/mol. The average Bonchev–Trinajstić information content (AvgIpc) is 2.73. The van der Waals surface area contributed by atoms with Crippen molar-refractivity contribution in [3.63, 3.8) is 0 Å². The molecule has 0 radical (unpaired) electrons. The molecule has 0 aliphatic carbocycles. The summed E-state index contributed by atoms with van der Waals surface area (Å²) in [7, 11) is 0. The molecule has 0 atom stereocenters. The standard InChI is InChI=1S/C25H25NO4/c27-22(11-2-1-3-13-25(29)30)16-17-24(28)26-18-21-10-5-4-8-19(21)14-15-20-9-6-7-12-23(20)26/h4-10,12H,1-3,11,13,16-18H2,(H,29,30). The summed E-state index contributed by atoms with van der Waals surface area (Å²) in [6, 6.07) is 15.4. The topological polar surface area (TPSA) is 74.7 Å². The van der Waals surface area contributed by atoms with E-state index < -0.39 is 5.97 Å². The van der Waals surface area contributed by atoms with Gasteiger partial charge >= 0.3 is 5.97 Å². The van der Waals surface area contributed by atoms with E-state index in [0.29, 0.717) is 32.2 Å². The number of unbranched alkanes of at least 4 members (excludes halogenated alkanes) is 2. The van der Waals surface area contributed by atoms with Crippen LogP contribution in [0.3, 0.4) is 0 Å². The highest BCUT2D eigenvalue weighted by Gasteiger charge is 2.21. The first-order valence-corrected chi connectivity index (χ1v) is 10.3. The molecule has 1 aliphatic heterocycles. The summed E-state index contributed by atoms with van der Waals surface area (Å²) in [5.74, 6) is 5.49. The molecular weight excluding hydrogens is 378 g/mol. The van der Waals surface area contributed by atoms with E-state index in [9.17, 15) is 14.4 Å². The highest BCUT2D eigenvalue weighted by Crippen LogP contribution is 2.26. The van der Waals surface area contributed by atoms with Crippen molar-refractivity contribution in [1.29, 1.82) is 0 Å². The van der Waals surface area contributed by atoms with Crippen LogP contribution in [0.25, 0.3) is 0 Å². The van der Waals surface area contributed by atoms with Gasteiger partial charge in [0.05, 0.1) is 12.2 Å². The minimum absolute atomic E-state index is 0.0409. The van der Waals surface area contributed by atoms with E-state index in [0.717, 1.165) is 22.4 Å². The third kappa shape index (κ3) is 5.81. The zero-order chi connectivity index (χ0) is 21.3. The number of carboxylic acids is 1. The number of hydrogen-bond acceptors (Lipinski definition) is 3. The zero-order valence-electron chi connectivity index (χ0n) is 16.9. The van der Waals surface area contributed by atoms with Gasteiger partial charge in [0.1, 0.15) is 5.78 Å². The van der Waals surface area contributed by atoms with Gasteiger partial charge in [0.15, 0.2) is 0 Å². The van der Waals surface area contributed by atoms with Crippen LogP contribution in [0.2, 0.25) is 0 Å². The third-order valence-corrected chi connectivity index (χ3v) is 5.14. The summed E-state index contributed by atoms with van der Waals surface area (Å²) >= 11 is 0. The molecule has 2 aromatic carbocycles. The Balaban J connectivity index is 1.63. The lowest BCUT2D eigenvalue weighted by molar-refractivity contribution is -0.137. The zero-order valence-corrected chi connectivity index (χ0v) is 16.9. The van der Waals surface area contributed by atoms with Crippen LogP contribution in [0.15, 0.2) is 48.5 Å². The molecule has 30 heavy (non-hydrogen) atoms. The molecule has 0 unspecified atom stereocenters. The van der Waals surface area contributed by atoms with E-state index in [-0.39, 0.29) is 31.0 Å². The first-order chi connectivity index (χ1) is 14.5. The van der Waals surface area contributed by atoms with Crippen molar-refractivity contribution in [2.75, 3.05) is 4.90 Å². The quantitative estimate of drug-likeness (QED) is 0.500. The molecule has 1 heterocycles. The number of carboxylic acid groups (broad SMARTS) is 1. The van der Waals surface area contributed by atoms with E-state index in [1.807, 2.05) is 48.5 Å². The second kappa shape index (κ2) is 10.4. The van der Waals surface area contributed by atoms with Crippen LogP contribution in [0.1, 0.15) is 61.6 Å². The molecule has 5 heteroatoms. The number of aliphatic carboxylic acids is 1. The SMILES string of the molecule is O=C(O)CCCCCC(=O)CCC(=O)N1Cc2ccccc2C#Cc2ccccc21. The van der Waals surface area contributed by atoms with Gasteiger partial charge in [-0.1, -0.05) is 48.6 Å². The van der Waals surface area contributed by atoms with E-state index >= 15 is 0 Å². The number of benzene rings is 2. The fraction of sp³-hybridized carbons (Fsp3) is 0.320. The number of carbonyl (C=O) groups is 3. The molecule has 0 spiro atoms. The second-order valence-electron chi connectivity index (χ2n) is 7.40. The lowest BCUT2D eigenvalue weighted by Gasteiger charge is -2.26. The van der Waals surface area contributed by atoms with Crippen molar-refractivity contribution in [2.45, 2.75) is 51.5 Å². The number of Topliss-reactive ketones (excluding diaryl/α,β-unsaturated/α-hetero) is 1. The number of nitrogens with zero attached hydrogens (tertiary/aromatic N) is 1. The number of para-hydroxylation sites is 1. The largest absolute Gasteiger partial charge is 0.481 e. The van der Waals surface area contributed by atoms with Crippen LogP contribution in [-0.4, -0.2) is 22.8 Å². The number of amides is 1. The predicted octanol–water partition coefficient (Wildman–Crippen LogP) is 4.32. The number of carbonyl (C=O) groups excluding carboxylic acids is 2. The molecule has 0 fully saturated rings. The Hall–Kier alpha value is -3.39. The van der Waals surface area contributed by atoms with Crippen LogP contribution >= 0.6 is 0 Å². The Morgan fingerprint density at radius 2 is 1.47 bits per heavy atom. The van der Waals surface area contributed by atoms with Crippen molar-refractivity contribution >= 4 is 23.3 Å². The van der Waals surface area contributed by atoms with Gasteiger partial charge in [-0.2, -0.15) is 0 Å². The Morgan fingerprint density at radius 3 is 2.27 bits per heavy atom. The Kier molecular flexibility index (Phi) is 7.40. The van der Waals surface area contributed by atoms with Gasteiger partial charge in [-0.3, -0.25) is 14.4 Å². The predicted molar refractivity (Wildman–Crippen MR) is 115 cm³/mol. The van der Waals surface area contributed by atoms with Crippen molar-refractivity contribution in [3.05, 3.63) is 65.2 Å². The highest BCUT2D eigenvalue weighted by molar-refractivity contribution is 5.97. The highest BCUT2D eigenvalue weighted by atomic mass is 16.4. The molecule has 3 rings (SSSR count). The monoisotopic (exact) mass is 403 g/mol. The summed E-state index contributed by atoms with van der Waals surface area (Å²) in [5.41, 5.74) is 3.45. The number of hydrogen-bond donors (Lipinski definition) is 1. The summed E-state index contributed by atoms with van der Waals surface area (Å²) in [5, 5.41) is 8.64. The maximum atomic E-state index is 13.1. The molecule has 1 amide bonds. The summed E-state index contributed by atoms with van der Waals surface area (Å²) < 4.78 is 0. The van der Waals surface area contributed by atoms with Crippen molar-refractivity contribution in [2.24, 2.45) is 0 Å². The van der Waals surface area contributed by atoms with Gasteiger partial charge in [0.25, 0.3) is 0 Å². The van der Waals surface area contributed by atoms with Gasteiger partial charge in [-0.05, 0) is 36.6 Å². The van der Waals surface area contributed by atoms with Crippen LogP contribution in [0.4, 0.5) is 5.69 Å². The number of rotatable bonds is 9. The van der Waals surface area contributed by atoms with Gasteiger partial charge in [-0.25, -0.2) is 0 Å². The molecule has 0 saturated carbocycles. The fourth-order valence-corrected chi connectivity index (χ4v) is 3.49. The van der Waals surface area contributed by atoms with Crippen molar-refractivity contribution < 1.29 is 19.5 Å². The maximum absolute atomic E-state index is 13.1. The second-order valence-corrected chi connectivity index (χ2v) is 7.40. The number of ketones is 1. The fourth-order valence-electron chi connectivity index (χ4n) is 3.49. The molecule has 0 saturated heterocycles. The molecule has 1 N–H and O–H groups in total. The Bertz CT molecular complexity index is 999. The minimum atomic E-state index is -0.813. The Labute approximate surface area is 176 Å². The smallest absolute Gasteiger partial charge is 0.303 e. The molecule has 154 valence electrons. The summed E-state index contributed by atoms with van der Waals surface area (Å²) in [6.45, 7) is 0.421. The van der Waals surface area contributed by atoms with Crippen molar-refractivity contribution in [3.8, 4) is 11.8 Å².